The monoisotopic (exact) mass is 301 g/mol. The van der Waals surface area contributed by atoms with Crippen molar-refractivity contribution in [2.75, 3.05) is 19.5 Å². The maximum Gasteiger partial charge on any atom is 0.251 e. The molecule has 0 saturated carbocycles. The Balaban J connectivity index is 2.61. The lowest BCUT2D eigenvalue weighted by Crippen LogP contribution is -2.29. The predicted molar refractivity (Wildman–Crippen MR) is 79.0 cm³/mol. The van der Waals surface area contributed by atoms with Crippen LogP contribution in [0.4, 0.5) is 4.39 Å². The van der Waals surface area contributed by atoms with Gasteiger partial charge in [-0.3, -0.25) is 4.79 Å². The number of rotatable bonds is 8. The fourth-order valence-corrected chi connectivity index (χ4v) is 2.36. The van der Waals surface area contributed by atoms with Gasteiger partial charge in [0.15, 0.2) is 11.6 Å². The Kier molecular flexibility index (Phi) is 7.37. The number of hydrogen-bond donors (Lipinski definition) is 1. The number of benzene rings is 1. The largest absolute Gasteiger partial charge is 0.494 e. The average Bonchev–Trinajstić information content (AvgIpc) is 2.45. The van der Waals surface area contributed by atoms with E-state index in [1.54, 1.807) is 0 Å². The van der Waals surface area contributed by atoms with Crippen LogP contribution in [0.5, 0.6) is 5.75 Å². The molecule has 0 aliphatic rings. The van der Waals surface area contributed by atoms with Crippen molar-refractivity contribution in [1.29, 1.82) is 0 Å². The first kappa shape index (κ1) is 16.8. The molecular formula is C15H21ClFNO2. The van der Waals surface area contributed by atoms with Gasteiger partial charge in [0.25, 0.3) is 5.91 Å². The standard InChI is InChI=1S/C15H21ClFNO2/c1-3-4-11(7-8-16)10-18-15(19)12-5-6-13(17)14(9-12)20-2/h5-6,9,11H,3-4,7-8,10H2,1-2H3,(H,18,19). The topological polar surface area (TPSA) is 38.3 Å². The summed E-state index contributed by atoms with van der Waals surface area (Å²) < 4.78 is 18.1. The molecule has 0 saturated heterocycles. The molecule has 0 aliphatic heterocycles. The number of carbonyl (C=O) groups excluding carboxylic acids is 1. The van der Waals surface area contributed by atoms with Gasteiger partial charge in [0.2, 0.25) is 0 Å². The lowest BCUT2D eigenvalue weighted by Gasteiger charge is -2.15. The number of halogens is 2. The SMILES string of the molecule is CCCC(CCCl)CNC(=O)c1ccc(F)c(OC)c1. The van der Waals surface area contributed by atoms with E-state index in [4.69, 9.17) is 16.3 Å². The van der Waals surface area contributed by atoms with E-state index in [0.717, 1.165) is 19.3 Å². The molecule has 0 aromatic heterocycles. The average molecular weight is 302 g/mol. The van der Waals surface area contributed by atoms with E-state index in [2.05, 4.69) is 12.2 Å². The minimum Gasteiger partial charge on any atom is -0.494 e. The first-order valence-corrected chi connectivity index (χ1v) is 7.33. The van der Waals surface area contributed by atoms with Gasteiger partial charge in [-0.25, -0.2) is 4.39 Å². The zero-order chi connectivity index (χ0) is 15.0. The van der Waals surface area contributed by atoms with Crippen LogP contribution in [0.15, 0.2) is 18.2 Å². The number of alkyl halides is 1. The van der Waals surface area contributed by atoms with Crippen molar-refractivity contribution in [2.24, 2.45) is 5.92 Å². The highest BCUT2D eigenvalue weighted by Gasteiger charge is 2.12. The van der Waals surface area contributed by atoms with Crippen molar-refractivity contribution in [2.45, 2.75) is 26.2 Å². The van der Waals surface area contributed by atoms with E-state index in [0.29, 0.717) is 23.9 Å². The fourth-order valence-electron chi connectivity index (χ4n) is 2.05. The predicted octanol–water partition coefficient (Wildman–Crippen LogP) is 3.61. The van der Waals surface area contributed by atoms with Gasteiger partial charge in [-0.2, -0.15) is 0 Å². The lowest BCUT2D eigenvalue weighted by atomic mass is 10.0. The molecular weight excluding hydrogens is 281 g/mol. The van der Waals surface area contributed by atoms with Gasteiger partial charge in [-0.1, -0.05) is 13.3 Å². The molecule has 20 heavy (non-hydrogen) atoms. The minimum absolute atomic E-state index is 0.0727. The maximum absolute atomic E-state index is 13.3. The number of carbonyl (C=O) groups is 1. The molecule has 112 valence electrons. The molecule has 1 rings (SSSR count). The van der Waals surface area contributed by atoms with E-state index in [1.165, 1.54) is 25.3 Å². The Morgan fingerprint density at radius 1 is 1.45 bits per heavy atom. The Bertz CT molecular complexity index is 434. The van der Waals surface area contributed by atoms with Crippen LogP contribution in [0, 0.1) is 11.7 Å². The third kappa shape index (κ3) is 5.00. The summed E-state index contributed by atoms with van der Waals surface area (Å²) in [7, 11) is 1.37. The van der Waals surface area contributed by atoms with E-state index < -0.39 is 5.82 Å². The van der Waals surface area contributed by atoms with Crippen LogP contribution in [0.1, 0.15) is 36.5 Å². The quantitative estimate of drug-likeness (QED) is 0.745. The van der Waals surface area contributed by atoms with Gasteiger partial charge < -0.3 is 10.1 Å². The van der Waals surface area contributed by atoms with Crippen molar-refractivity contribution < 1.29 is 13.9 Å². The number of ether oxygens (including phenoxy) is 1. The summed E-state index contributed by atoms with van der Waals surface area (Å²) in [5, 5.41) is 2.86. The zero-order valence-corrected chi connectivity index (χ0v) is 12.7. The zero-order valence-electron chi connectivity index (χ0n) is 11.9. The van der Waals surface area contributed by atoms with Crippen molar-refractivity contribution in [3.05, 3.63) is 29.6 Å². The molecule has 1 atom stereocenters. The Labute approximate surface area is 124 Å². The van der Waals surface area contributed by atoms with Crippen LogP contribution >= 0.6 is 11.6 Å². The van der Waals surface area contributed by atoms with Gasteiger partial charge in [0.1, 0.15) is 0 Å². The molecule has 0 aliphatic carbocycles. The lowest BCUT2D eigenvalue weighted by molar-refractivity contribution is 0.0945. The molecule has 0 heterocycles. The second-order valence-electron chi connectivity index (χ2n) is 4.69. The van der Waals surface area contributed by atoms with Crippen molar-refractivity contribution in [3.63, 3.8) is 0 Å². The smallest absolute Gasteiger partial charge is 0.251 e. The molecule has 1 amide bonds. The van der Waals surface area contributed by atoms with E-state index in [-0.39, 0.29) is 11.7 Å². The van der Waals surface area contributed by atoms with Gasteiger partial charge in [-0.05, 0) is 37.0 Å². The Hall–Kier alpha value is -1.29. The number of amides is 1. The molecule has 1 aromatic rings. The third-order valence-corrected chi connectivity index (χ3v) is 3.40. The van der Waals surface area contributed by atoms with Crippen molar-refractivity contribution >= 4 is 17.5 Å². The summed E-state index contributed by atoms with van der Waals surface area (Å²) in [4.78, 5) is 12.0. The molecule has 1 aromatic carbocycles. The highest BCUT2D eigenvalue weighted by Crippen LogP contribution is 2.18. The molecule has 1 N–H and O–H groups in total. The van der Waals surface area contributed by atoms with Gasteiger partial charge in [-0.15, -0.1) is 11.6 Å². The molecule has 0 spiro atoms. The number of methoxy groups -OCH3 is 1. The van der Waals surface area contributed by atoms with E-state index >= 15 is 0 Å². The van der Waals surface area contributed by atoms with Crippen LogP contribution in [-0.2, 0) is 0 Å². The highest BCUT2D eigenvalue weighted by molar-refractivity contribution is 6.17. The van der Waals surface area contributed by atoms with Crippen LogP contribution in [0.3, 0.4) is 0 Å². The molecule has 1 unspecified atom stereocenters. The first-order valence-electron chi connectivity index (χ1n) is 6.80. The summed E-state index contributed by atoms with van der Waals surface area (Å²) in [5.74, 6) is 0.339. The maximum atomic E-state index is 13.3. The molecule has 0 fully saturated rings. The van der Waals surface area contributed by atoms with Gasteiger partial charge >= 0.3 is 0 Å². The summed E-state index contributed by atoms with van der Waals surface area (Å²) in [5.41, 5.74) is 0.393. The van der Waals surface area contributed by atoms with E-state index in [1.807, 2.05) is 0 Å². The highest BCUT2D eigenvalue weighted by atomic mass is 35.5. The summed E-state index contributed by atoms with van der Waals surface area (Å²) >= 11 is 5.75. The first-order chi connectivity index (χ1) is 9.62. The number of nitrogens with one attached hydrogen (secondary N) is 1. The summed E-state index contributed by atoms with van der Waals surface area (Å²) in [6.45, 7) is 2.69. The van der Waals surface area contributed by atoms with Crippen LogP contribution < -0.4 is 10.1 Å². The minimum atomic E-state index is -0.477. The second kappa shape index (κ2) is 8.80. The van der Waals surface area contributed by atoms with Gasteiger partial charge in [0, 0.05) is 18.0 Å². The fraction of sp³-hybridized carbons (Fsp3) is 0.533. The second-order valence-corrected chi connectivity index (χ2v) is 5.07. The molecule has 0 bridgehead atoms. The normalized spacial score (nSPS) is 12.0. The van der Waals surface area contributed by atoms with E-state index in [9.17, 15) is 9.18 Å². The molecule has 0 radical (unpaired) electrons. The Morgan fingerprint density at radius 2 is 2.20 bits per heavy atom. The third-order valence-electron chi connectivity index (χ3n) is 3.18. The van der Waals surface area contributed by atoms with Crippen LogP contribution in [-0.4, -0.2) is 25.4 Å². The molecule has 3 nitrogen and oxygen atoms in total. The van der Waals surface area contributed by atoms with Crippen molar-refractivity contribution in [3.8, 4) is 5.75 Å². The van der Waals surface area contributed by atoms with Gasteiger partial charge in [0.05, 0.1) is 7.11 Å². The van der Waals surface area contributed by atoms with Crippen molar-refractivity contribution in [1.82, 2.24) is 5.32 Å². The summed E-state index contributed by atoms with van der Waals surface area (Å²) in [6.07, 6.45) is 2.96. The van der Waals surface area contributed by atoms with Crippen LogP contribution in [0.25, 0.3) is 0 Å². The Morgan fingerprint density at radius 3 is 2.80 bits per heavy atom. The van der Waals surface area contributed by atoms with Crippen LogP contribution in [0.2, 0.25) is 0 Å². The molecule has 5 heteroatoms. The number of hydrogen-bond acceptors (Lipinski definition) is 2. The summed E-state index contributed by atoms with van der Waals surface area (Å²) in [6, 6.07) is 4.08.